The number of fused-ring (bicyclic) bond motifs is 1. The second-order valence-corrected chi connectivity index (χ2v) is 6.44. The van der Waals surface area contributed by atoms with Gasteiger partial charge in [0.05, 0.1) is 6.54 Å². The molecular weight excluding hydrogens is 336 g/mol. The predicted octanol–water partition coefficient (Wildman–Crippen LogP) is 2.53. The van der Waals surface area contributed by atoms with Crippen LogP contribution in [0.1, 0.15) is 11.1 Å². The summed E-state index contributed by atoms with van der Waals surface area (Å²) in [5, 5.41) is 26.4. The number of allylic oxidation sites excluding steroid dienone is 2. The number of anilines is 1. The molecule has 135 valence electrons. The Bertz CT molecular complexity index is 927. The monoisotopic (exact) mass is 355 g/mol. The van der Waals surface area contributed by atoms with E-state index >= 15 is 0 Å². The lowest BCUT2D eigenvalue weighted by Crippen LogP contribution is -2.55. The first-order valence-electron chi connectivity index (χ1n) is 8.81. The van der Waals surface area contributed by atoms with E-state index in [0.29, 0.717) is 17.8 Å². The fourth-order valence-corrected chi connectivity index (χ4v) is 3.34. The van der Waals surface area contributed by atoms with Crippen LogP contribution in [0.3, 0.4) is 0 Å². The molecule has 1 radical (unpaired) electrons. The number of rotatable bonds is 4. The van der Waals surface area contributed by atoms with Gasteiger partial charge in [-0.3, -0.25) is 0 Å². The van der Waals surface area contributed by atoms with Crippen LogP contribution in [-0.2, 0) is 6.42 Å². The van der Waals surface area contributed by atoms with Gasteiger partial charge in [-0.1, -0.05) is 72.8 Å². The lowest BCUT2D eigenvalue weighted by molar-refractivity contribution is -0.443. The Labute approximate surface area is 159 Å². The normalized spacial score (nSPS) is 19.0. The maximum absolute atomic E-state index is 13.3. The van der Waals surface area contributed by atoms with E-state index in [9.17, 15) is 10.2 Å². The van der Waals surface area contributed by atoms with E-state index in [2.05, 4.69) is 6.58 Å². The Balaban J connectivity index is 1.77. The van der Waals surface area contributed by atoms with Crippen LogP contribution in [0.15, 0.2) is 96.7 Å². The molecule has 4 rings (SSSR count). The molecule has 0 saturated heterocycles. The van der Waals surface area contributed by atoms with Crippen molar-refractivity contribution in [1.29, 1.82) is 0 Å². The average molecular weight is 355 g/mol. The van der Waals surface area contributed by atoms with Crippen molar-refractivity contribution in [3.63, 3.8) is 0 Å². The van der Waals surface area contributed by atoms with Crippen LogP contribution in [0.2, 0.25) is 0 Å². The highest BCUT2D eigenvalue weighted by atomic mass is 16.3. The summed E-state index contributed by atoms with van der Waals surface area (Å²) in [5.74, 6) is 0.333. The highest BCUT2D eigenvalue weighted by Crippen LogP contribution is 2.35. The van der Waals surface area contributed by atoms with Crippen molar-refractivity contribution in [3.05, 3.63) is 114 Å². The van der Waals surface area contributed by atoms with Gasteiger partial charge in [-0.05, 0) is 47.9 Å². The Morgan fingerprint density at radius 2 is 1.74 bits per heavy atom. The van der Waals surface area contributed by atoms with Gasteiger partial charge in [-0.2, -0.15) is 0 Å². The molecule has 0 saturated carbocycles. The van der Waals surface area contributed by atoms with Crippen molar-refractivity contribution in [2.75, 3.05) is 4.90 Å². The Hall–Kier alpha value is -3.24. The molecule has 0 bridgehead atoms. The van der Waals surface area contributed by atoms with E-state index in [0.717, 1.165) is 16.8 Å². The Kier molecular flexibility index (Phi) is 4.57. The van der Waals surface area contributed by atoms with Crippen LogP contribution in [0.25, 0.3) is 6.08 Å². The average Bonchev–Trinajstić information content (AvgIpc) is 2.72. The molecule has 4 nitrogen and oxygen atoms in total. The van der Waals surface area contributed by atoms with E-state index in [1.165, 1.54) is 0 Å². The summed E-state index contributed by atoms with van der Waals surface area (Å²) in [6.07, 6.45) is 6.28. The Morgan fingerprint density at radius 3 is 2.44 bits per heavy atom. The molecule has 0 N–H and O–H groups in total. The standard InChI is InChI=1S/C23H20N2O2/c1-2-17-11-13-18(14-12-17)16-20-22(26)24-15-7-6-10-21(24)25(23(20)27)19-8-4-3-5-9-19/h2-15,22,27H,1,16H2/q-1/p-1. The molecule has 1 atom stereocenters. The van der Waals surface area contributed by atoms with Crippen molar-refractivity contribution in [2.24, 2.45) is 0 Å². The van der Waals surface area contributed by atoms with Gasteiger partial charge in [0, 0.05) is 5.69 Å². The first kappa shape index (κ1) is 17.2. The molecule has 0 fully saturated rings. The van der Waals surface area contributed by atoms with E-state index in [-0.39, 0.29) is 5.88 Å². The number of para-hydroxylation sites is 1. The molecule has 0 amide bonds. The SMILES string of the molecule is C=Cc1ccc(CC2=C([O-])N(c3ccccc3)C3=CC=C[CH]N3C2[O-])cc1. The first-order valence-corrected chi connectivity index (χ1v) is 8.81. The smallest absolute Gasteiger partial charge is 0.112 e. The van der Waals surface area contributed by atoms with Crippen LogP contribution in [0.5, 0.6) is 0 Å². The summed E-state index contributed by atoms with van der Waals surface area (Å²) < 4.78 is 0. The minimum atomic E-state index is -1.24. The largest absolute Gasteiger partial charge is 0.860 e. The highest BCUT2D eigenvalue weighted by molar-refractivity contribution is 5.60. The van der Waals surface area contributed by atoms with Gasteiger partial charge in [0.2, 0.25) is 0 Å². The third-order valence-electron chi connectivity index (χ3n) is 4.75. The molecule has 27 heavy (non-hydrogen) atoms. The van der Waals surface area contributed by atoms with E-state index in [1.54, 1.807) is 28.5 Å². The second kappa shape index (κ2) is 7.17. The van der Waals surface area contributed by atoms with Crippen molar-refractivity contribution >= 4 is 11.8 Å². The molecule has 2 aromatic rings. The van der Waals surface area contributed by atoms with Gasteiger partial charge >= 0.3 is 0 Å². The topological polar surface area (TPSA) is 52.6 Å². The minimum Gasteiger partial charge on any atom is -0.860 e. The van der Waals surface area contributed by atoms with E-state index in [1.807, 2.05) is 66.7 Å². The van der Waals surface area contributed by atoms with Gasteiger partial charge < -0.3 is 20.0 Å². The van der Waals surface area contributed by atoms with Gasteiger partial charge in [0.25, 0.3) is 0 Å². The first-order chi connectivity index (χ1) is 13.2. The van der Waals surface area contributed by atoms with Gasteiger partial charge in [-0.25, -0.2) is 0 Å². The summed E-state index contributed by atoms with van der Waals surface area (Å²) in [6, 6.07) is 17.1. The summed E-state index contributed by atoms with van der Waals surface area (Å²) in [5.41, 5.74) is 3.00. The summed E-state index contributed by atoms with van der Waals surface area (Å²) in [4.78, 5) is 3.23. The molecule has 4 heteroatoms. The zero-order valence-electron chi connectivity index (χ0n) is 14.8. The molecule has 0 aromatic heterocycles. The number of benzene rings is 2. The lowest BCUT2D eigenvalue weighted by Gasteiger charge is -2.53. The van der Waals surface area contributed by atoms with Crippen LogP contribution in [0, 0.1) is 6.54 Å². The van der Waals surface area contributed by atoms with E-state index in [4.69, 9.17) is 0 Å². The van der Waals surface area contributed by atoms with Crippen LogP contribution < -0.4 is 15.1 Å². The van der Waals surface area contributed by atoms with Crippen molar-refractivity contribution < 1.29 is 10.2 Å². The third kappa shape index (κ3) is 3.15. The third-order valence-corrected chi connectivity index (χ3v) is 4.75. The number of nitrogens with zero attached hydrogens (tertiary/aromatic N) is 2. The predicted molar refractivity (Wildman–Crippen MR) is 103 cm³/mol. The molecule has 2 aromatic carbocycles. The molecule has 2 aliphatic rings. The molecule has 2 heterocycles. The lowest BCUT2D eigenvalue weighted by atomic mass is 9.99. The van der Waals surface area contributed by atoms with Crippen molar-refractivity contribution in [2.45, 2.75) is 12.6 Å². The maximum Gasteiger partial charge on any atom is 0.112 e. The molecule has 0 aliphatic carbocycles. The fourth-order valence-electron chi connectivity index (χ4n) is 3.34. The fraction of sp³-hybridized carbons (Fsp3) is 0.0870. The van der Waals surface area contributed by atoms with E-state index < -0.39 is 6.23 Å². The number of hydrogen-bond acceptors (Lipinski definition) is 4. The highest BCUT2D eigenvalue weighted by Gasteiger charge is 2.28. The minimum absolute atomic E-state index is 0.250. The zero-order valence-corrected chi connectivity index (χ0v) is 14.8. The maximum atomic E-state index is 13.3. The van der Waals surface area contributed by atoms with Crippen molar-refractivity contribution in [3.8, 4) is 0 Å². The molecular formula is C23H19N2O2-2. The molecule has 2 aliphatic heterocycles. The quantitative estimate of drug-likeness (QED) is 0.846. The van der Waals surface area contributed by atoms with Crippen molar-refractivity contribution in [1.82, 2.24) is 4.90 Å². The number of hydrogen-bond donors (Lipinski definition) is 0. The molecule has 1 unspecified atom stereocenters. The van der Waals surface area contributed by atoms with Gasteiger partial charge in [-0.15, -0.1) is 0 Å². The van der Waals surface area contributed by atoms with Crippen LogP contribution in [0.4, 0.5) is 5.69 Å². The van der Waals surface area contributed by atoms with Crippen LogP contribution >= 0.6 is 0 Å². The summed E-state index contributed by atoms with van der Waals surface area (Å²) in [7, 11) is 0. The van der Waals surface area contributed by atoms with Gasteiger partial charge in [0.15, 0.2) is 0 Å². The second-order valence-electron chi connectivity index (χ2n) is 6.44. The summed E-state index contributed by atoms with van der Waals surface area (Å²) >= 11 is 0. The van der Waals surface area contributed by atoms with Crippen LogP contribution in [-0.4, -0.2) is 11.1 Å². The van der Waals surface area contributed by atoms with Gasteiger partial charge in [0.1, 0.15) is 5.82 Å². The summed E-state index contributed by atoms with van der Waals surface area (Å²) in [6.45, 7) is 5.48. The zero-order chi connectivity index (χ0) is 18.8. The Morgan fingerprint density at radius 1 is 1.00 bits per heavy atom. The molecule has 0 spiro atoms.